The molecule has 5 aromatic rings. The van der Waals surface area contributed by atoms with Gasteiger partial charge in [0.15, 0.2) is 0 Å². The van der Waals surface area contributed by atoms with E-state index in [1.165, 1.54) is 21.8 Å². The first-order chi connectivity index (χ1) is 13.7. The van der Waals surface area contributed by atoms with Crippen molar-refractivity contribution in [3.05, 3.63) is 97.1 Å². The van der Waals surface area contributed by atoms with Gasteiger partial charge in [-0.05, 0) is 40.9 Å². The van der Waals surface area contributed by atoms with Crippen molar-refractivity contribution in [1.29, 1.82) is 0 Å². The second kappa shape index (κ2) is 6.68. The minimum Gasteiger partial charge on any atom is -0.423 e. The standard InChI is InChI=1S/C24H18BNO2/c27-25(28)19-13-9-17(10-14-19)18-11-15-20(16-12-18)26-23-7-3-1-5-21(23)22-6-2-4-8-24(22)26/h1-16,27-28H. The molecule has 28 heavy (non-hydrogen) atoms. The van der Waals surface area contributed by atoms with E-state index < -0.39 is 7.12 Å². The van der Waals surface area contributed by atoms with Crippen molar-refractivity contribution in [3.63, 3.8) is 0 Å². The predicted octanol–water partition coefficient (Wildman–Crippen LogP) is 4.13. The van der Waals surface area contributed by atoms with Crippen LogP contribution in [0.15, 0.2) is 97.1 Å². The Hall–Kier alpha value is -3.34. The number of benzene rings is 4. The summed E-state index contributed by atoms with van der Waals surface area (Å²) in [5, 5.41) is 21.0. The zero-order chi connectivity index (χ0) is 19.1. The summed E-state index contributed by atoms with van der Waals surface area (Å²) < 4.78 is 2.29. The maximum Gasteiger partial charge on any atom is 0.488 e. The number of rotatable bonds is 3. The molecule has 2 N–H and O–H groups in total. The van der Waals surface area contributed by atoms with E-state index in [-0.39, 0.29) is 0 Å². The highest BCUT2D eigenvalue weighted by Gasteiger charge is 2.12. The summed E-state index contributed by atoms with van der Waals surface area (Å²) in [6.07, 6.45) is 0. The van der Waals surface area contributed by atoms with Crippen molar-refractivity contribution in [2.75, 3.05) is 0 Å². The molecule has 134 valence electrons. The van der Waals surface area contributed by atoms with Crippen molar-refractivity contribution in [1.82, 2.24) is 4.57 Å². The van der Waals surface area contributed by atoms with E-state index in [9.17, 15) is 10.0 Å². The average molecular weight is 363 g/mol. The summed E-state index contributed by atoms with van der Waals surface area (Å²) in [6.45, 7) is 0. The number of para-hydroxylation sites is 2. The third kappa shape index (κ3) is 2.71. The Morgan fingerprint density at radius 3 is 1.50 bits per heavy atom. The number of fused-ring (bicyclic) bond motifs is 3. The van der Waals surface area contributed by atoms with E-state index in [2.05, 4.69) is 77.4 Å². The number of hydrogen-bond donors (Lipinski definition) is 2. The average Bonchev–Trinajstić information content (AvgIpc) is 3.08. The lowest BCUT2D eigenvalue weighted by Crippen LogP contribution is -2.29. The molecule has 5 rings (SSSR count). The topological polar surface area (TPSA) is 45.4 Å². The monoisotopic (exact) mass is 363 g/mol. The van der Waals surface area contributed by atoms with Crippen LogP contribution in [0.1, 0.15) is 0 Å². The van der Waals surface area contributed by atoms with Crippen molar-refractivity contribution in [2.45, 2.75) is 0 Å². The highest BCUT2D eigenvalue weighted by atomic mass is 16.4. The van der Waals surface area contributed by atoms with Crippen molar-refractivity contribution in [3.8, 4) is 16.8 Å². The van der Waals surface area contributed by atoms with E-state index in [0.29, 0.717) is 5.46 Å². The summed E-state index contributed by atoms with van der Waals surface area (Å²) in [4.78, 5) is 0. The zero-order valence-corrected chi connectivity index (χ0v) is 15.2. The summed E-state index contributed by atoms with van der Waals surface area (Å²) in [6, 6.07) is 32.7. The maximum atomic E-state index is 9.25. The van der Waals surface area contributed by atoms with Gasteiger partial charge in [0.25, 0.3) is 0 Å². The highest BCUT2D eigenvalue weighted by Crippen LogP contribution is 2.32. The van der Waals surface area contributed by atoms with Gasteiger partial charge in [-0.15, -0.1) is 0 Å². The molecular formula is C24H18BNO2. The molecule has 1 aromatic heterocycles. The van der Waals surface area contributed by atoms with Crippen LogP contribution in [0.25, 0.3) is 38.6 Å². The fraction of sp³-hybridized carbons (Fsp3) is 0. The molecule has 0 unspecified atom stereocenters. The van der Waals surface area contributed by atoms with Gasteiger partial charge in [0, 0.05) is 16.5 Å². The second-order valence-corrected chi connectivity index (χ2v) is 6.91. The second-order valence-electron chi connectivity index (χ2n) is 6.91. The Labute approximate surface area is 163 Å². The molecule has 1 heterocycles. The summed E-state index contributed by atoms with van der Waals surface area (Å²) >= 11 is 0. The Bertz CT molecular complexity index is 1220. The quantitative estimate of drug-likeness (QED) is 0.474. The maximum absolute atomic E-state index is 9.25. The van der Waals surface area contributed by atoms with Gasteiger partial charge in [-0.25, -0.2) is 0 Å². The van der Waals surface area contributed by atoms with Gasteiger partial charge in [-0.3, -0.25) is 0 Å². The van der Waals surface area contributed by atoms with Crippen LogP contribution in [0.3, 0.4) is 0 Å². The number of nitrogens with zero attached hydrogens (tertiary/aromatic N) is 1. The minimum absolute atomic E-state index is 0.491. The van der Waals surface area contributed by atoms with Crippen molar-refractivity contribution in [2.24, 2.45) is 0 Å². The van der Waals surface area contributed by atoms with Crippen LogP contribution in [0.2, 0.25) is 0 Å². The summed E-state index contributed by atoms with van der Waals surface area (Å²) in [5.74, 6) is 0. The molecule has 0 fully saturated rings. The molecule has 3 nitrogen and oxygen atoms in total. The van der Waals surface area contributed by atoms with Gasteiger partial charge in [0.2, 0.25) is 0 Å². The van der Waals surface area contributed by atoms with Gasteiger partial charge < -0.3 is 14.6 Å². The Morgan fingerprint density at radius 1 is 0.536 bits per heavy atom. The normalized spacial score (nSPS) is 11.2. The lowest BCUT2D eigenvalue weighted by Gasteiger charge is -2.09. The molecule has 4 aromatic carbocycles. The lowest BCUT2D eigenvalue weighted by atomic mass is 9.80. The van der Waals surface area contributed by atoms with E-state index in [4.69, 9.17) is 0 Å². The molecular weight excluding hydrogens is 345 g/mol. The third-order valence-electron chi connectivity index (χ3n) is 5.25. The number of hydrogen-bond acceptors (Lipinski definition) is 2. The molecule has 0 radical (unpaired) electrons. The van der Waals surface area contributed by atoms with Gasteiger partial charge in [0.1, 0.15) is 0 Å². The van der Waals surface area contributed by atoms with Crippen LogP contribution in [0.5, 0.6) is 0 Å². The first kappa shape index (κ1) is 16.8. The van der Waals surface area contributed by atoms with Gasteiger partial charge >= 0.3 is 7.12 Å². The summed E-state index contributed by atoms with van der Waals surface area (Å²) in [7, 11) is -1.44. The molecule has 0 aliphatic rings. The molecule has 0 saturated heterocycles. The van der Waals surface area contributed by atoms with Crippen LogP contribution in [0.4, 0.5) is 0 Å². The largest absolute Gasteiger partial charge is 0.488 e. The SMILES string of the molecule is OB(O)c1ccc(-c2ccc(-n3c4ccccc4c4ccccc43)cc2)cc1. The molecule has 0 amide bonds. The Balaban J connectivity index is 1.61. The minimum atomic E-state index is -1.44. The molecule has 0 bridgehead atoms. The number of aromatic nitrogens is 1. The van der Waals surface area contributed by atoms with Crippen molar-refractivity contribution >= 4 is 34.4 Å². The van der Waals surface area contributed by atoms with Crippen LogP contribution in [0, 0.1) is 0 Å². The molecule has 0 spiro atoms. The first-order valence-electron chi connectivity index (χ1n) is 9.27. The molecule has 0 saturated carbocycles. The van der Waals surface area contributed by atoms with E-state index >= 15 is 0 Å². The third-order valence-corrected chi connectivity index (χ3v) is 5.25. The van der Waals surface area contributed by atoms with Gasteiger partial charge in [-0.1, -0.05) is 72.8 Å². The molecule has 0 aliphatic carbocycles. The zero-order valence-electron chi connectivity index (χ0n) is 15.2. The van der Waals surface area contributed by atoms with Crippen LogP contribution in [-0.4, -0.2) is 21.7 Å². The predicted molar refractivity (Wildman–Crippen MR) is 116 cm³/mol. The fourth-order valence-electron chi connectivity index (χ4n) is 3.85. The Kier molecular flexibility index (Phi) is 4.01. The molecule has 4 heteroatoms. The smallest absolute Gasteiger partial charge is 0.423 e. The molecule has 0 aliphatic heterocycles. The van der Waals surface area contributed by atoms with Gasteiger partial charge in [-0.2, -0.15) is 0 Å². The van der Waals surface area contributed by atoms with Crippen LogP contribution < -0.4 is 5.46 Å². The van der Waals surface area contributed by atoms with Crippen LogP contribution in [-0.2, 0) is 0 Å². The Morgan fingerprint density at radius 2 is 1.00 bits per heavy atom. The van der Waals surface area contributed by atoms with Gasteiger partial charge in [0.05, 0.1) is 11.0 Å². The van der Waals surface area contributed by atoms with E-state index in [1.54, 1.807) is 12.1 Å². The van der Waals surface area contributed by atoms with Crippen LogP contribution >= 0.6 is 0 Å². The van der Waals surface area contributed by atoms with Crippen molar-refractivity contribution < 1.29 is 10.0 Å². The van der Waals surface area contributed by atoms with E-state index in [1.807, 2.05) is 12.1 Å². The fourth-order valence-corrected chi connectivity index (χ4v) is 3.85. The van der Waals surface area contributed by atoms with E-state index in [0.717, 1.165) is 16.8 Å². The molecule has 0 atom stereocenters. The summed E-state index contributed by atoms with van der Waals surface area (Å²) in [5.41, 5.74) is 6.12. The first-order valence-corrected chi connectivity index (χ1v) is 9.27. The lowest BCUT2D eigenvalue weighted by molar-refractivity contribution is 0.426. The highest BCUT2D eigenvalue weighted by molar-refractivity contribution is 6.58.